The topological polar surface area (TPSA) is 0 Å². The van der Waals surface area contributed by atoms with Gasteiger partial charge in [-0.15, -0.1) is 11.6 Å². The molecular weight excluding hydrogens is 156 g/mol. The van der Waals surface area contributed by atoms with Gasteiger partial charge >= 0.3 is 0 Å². The Kier molecular flexibility index (Phi) is 3.99. The first-order valence-corrected chi connectivity index (χ1v) is 5.14. The number of halogens is 1. The summed E-state index contributed by atoms with van der Waals surface area (Å²) in [5.74, 6) is 1.55. The Hall–Kier alpha value is 0.0300. The standard InChI is InChI=1S/C10H17Cl/c1-2-9(8-11)7-10-5-3-4-6-10/h5,9H,2-4,6-8H2,1H3. The molecule has 11 heavy (non-hydrogen) atoms. The minimum absolute atomic E-state index is 0.723. The van der Waals surface area contributed by atoms with Gasteiger partial charge in [-0.25, -0.2) is 0 Å². The summed E-state index contributed by atoms with van der Waals surface area (Å²) >= 11 is 5.82. The largest absolute Gasteiger partial charge is 0.126 e. The van der Waals surface area contributed by atoms with Gasteiger partial charge in [0.15, 0.2) is 0 Å². The SMILES string of the molecule is CCC(CCl)CC1=CCCC1. The van der Waals surface area contributed by atoms with E-state index in [0.717, 1.165) is 11.8 Å². The molecule has 0 amide bonds. The van der Waals surface area contributed by atoms with Gasteiger partial charge in [0, 0.05) is 5.88 Å². The van der Waals surface area contributed by atoms with Crippen LogP contribution in [0.2, 0.25) is 0 Å². The fourth-order valence-electron chi connectivity index (χ4n) is 1.60. The van der Waals surface area contributed by atoms with Gasteiger partial charge in [0.05, 0.1) is 0 Å². The number of hydrogen-bond acceptors (Lipinski definition) is 0. The van der Waals surface area contributed by atoms with Gasteiger partial charge < -0.3 is 0 Å². The van der Waals surface area contributed by atoms with Crippen molar-refractivity contribution >= 4 is 11.6 Å². The quantitative estimate of drug-likeness (QED) is 0.448. The Balaban J connectivity index is 2.27. The molecule has 0 spiro atoms. The van der Waals surface area contributed by atoms with E-state index in [1.807, 2.05) is 0 Å². The van der Waals surface area contributed by atoms with E-state index >= 15 is 0 Å². The average molecular weight is 173 g/mol. The maximum atomic E-state index is 5.82. The fourth-order valence-corrected chi connectivity index (χ4v) is 1.93. The highest BCUT2D eigenvalue weighted by atomic mass is 35.5. The molecule has 0 N–H and O–H groups in total. The number of rotatable bonds is 4. The van der Waals surface area contributed by atoms with Gasteiger partial charge in [0.1, 0.15) is 0 Å². The molecule has 1 unspecified atom stereocenters. The van der Waals surface area contributed by atoms with Crippen molar-refractivity contribution < 1.29 is 0 Å². The summed E-state index contributed by atoms with van der Waals surface area (Å²) in [5, 5.41) is 0. The normalized spacial score (nSPS) is 20.0. The molecule has 0 radical (unpaired) electrons. The summed E-state index contributed by atoms with van der Waals surface area (Å²) in [4.78, 5) is 0. The van der Waals surface area contributed by atoms with Crippen molar-refractivity contribution in [1.29, 1.82) is 0 Å². The number of alkyl halides is 1. The van der Waals surface area contributed by atoms with E-state index < -0.39 is 0 Å². The molecule has 0 heterocycles. The van der Waals surface area contributed by atoms with Crippen molar-refractivity contribution in [3.05, 3.63) is 11.6 Å². The van der Waals surface area contributed by atoms with Crippen LogP contribution in [0.5, 0.6) is 0 Å². The summed E-state index contributed by atoms with van der Waals surface area (Å²) in [6.45, 7) is 2.22. The van der Waals surface area contributed by atoms with E-state index in [-0.39, 0.29) is 0 Å². The van der Waals surface area contributed by atoms with E-state index in [2.05, 4.69) is 13.0 Å². The maximum Gasteiger partial charge on any atom is 0.0254 e. The molecule has 0 fully saturated rings. The van der Waals surface area contributed by atoms with Gasteiger partial charge in [-0.3, -0.25) is 0 Å². The molecule has 1 aliphatic rings. The van der Waals surface area contributed by atoms with Gasteiger partial charge in [-0.05, 0) is 31.6 Å². The van der Waals surface area contributed by atoms with E-state index in [1.165, 1.54) is 32.1 Å². The van der Waals surface area contributed by atoms with Crippen molar-refractivity contribution in [3.8, 4) is 0 Å². The van der Waals surface area contributed by atoms with Crippen molar-refractivity contribution in [2.75, 3.05) is 5.88 Å². The maximum absolute atomic E-state index is 5.82. The molecule has 0 saturated heterocycles. The van der Waals surface area contributed by atoms with Crippen LogP contribution < -0.4 is 0 Å². The van der Waals surface area contributed by atoms with Crippen LogP contribution in [-0.2, 0) is 0 Å². The van der Waals surface area contributed by atoms with Gasteiger partial charge in [-0.2, -0.15) is 0 Å². The van der Waals surface area contributed by atoms with E-state index in [1.54, 1.807) is 5.57 Å². The monoisotopic (exact) mass is 172 g/mol. The van der Waals surface area contributed by atoms with Crippen molar-refractivity contribution in [2.24, 2.45) is 5.92 Å². The third kappa shape index (κ3) is 2.86. The third-order valence-electron chi connectivity index (χ3n) is 2.48. The lowest BCUT2D eigenvalue weighted by Gasteiger charge is -2.10. The van der Waals surface area contributed by atoms with Crippen LogP contribution in [0.3, 0.4) is 0 Å². The van der Waals surface area contributed by atoms with E-state index in [9.17, 15) is 0 Å². The predicted molar refractivity (Wildman–Crippen MR) is 51.1 cm³/mol. The Morgan fingerprint density at radius 2 is 2.45 bits per heavy atom. The van der Waals surface area contributed by atoms with Gasteiger partial charge in [-0.1, -0.05) is 25.0 Å². The fraction of sp³-hybridized carbons (Fsp3) is 0.800. The van der Waals surface area contributed by atoms with Crippen LogP contribution in [0, 0.1) is 5.92 Å². The third-order valence-corrected chi connectivity index (χ3v) is 2.92. The highest BCUT2D eigenvalue weighted by Gasteiger charge is 2.10. The molecule has 0 aromatic heterocycles. The van der Waals surface area contributed by atoms with Gasteiger partial charge in [0.2, 0.25) is 0 Å². The lowest BCUT2D eigenvalue weighted by molar-refractivity contribution is 0.557. The van der Waals surface area contributed by atoms with E-state index in [4.69, 9.17) is 11.6 Å². The molecule has 0 aromatic rings. The second-order valence-corrected chi connectivity index (χ2v) is 3.70. The second-order valence-electron chi connectivity index (χ2n) is 3.39. The molecule has 1 atom stereocenters. The Morgan fingerprint density at radius 3 is 2.91 bits per heavy atom. The van der Waals surface area contributed by atoms with Crippen LogP contribution in [0.15, 0.2) is 11.6 Å². The summed E-state index contributed by atoms with van der Waals surface area (Å²) in [5.41, 5.74) is 1.65. The predicted octanol–water partition coefficient (Wildman–Crippen LogP) is 3.75. The summed E-state index contributed by atoms with van der Waals surface area (Å²) in [7, 11) is 0. The van der Waals surface area contributed by atoms with Gasteiger partial charge in [0.25, 0.3) is 0 Å². The summed E-state index contributed by atoms with van der Waals surface area (Å²) in [6.07, 6.45) is 8.87. The Morgan fingerprint density at radius 1 is 1.64 bits per heavy atom. The molecular formula is C10H17Cl. The zero-order valence-corrected chi connectivity index (χ0v) is 8.03. The van der Waals surface area contributed by atoms with Crippen molar-refractivity contribution in [1.82, 2.24) is 0 Å². The molecule has 0 aliphatic heterocycles. The van der Waals surface area contributed by atoms with Crippen LogP contribution >= 0.6 is 11.6 Å². The van der Waals surface area contributed by atoms with Crippen molar-refractivity contribution in [2.45, 2.75) is 39.0 Å². The molecule has 0 saturated carbocycles. The lowest BCUT2D eigenvalue weighted by atomic mass is 9.98. The molecule has 0 nitrogen and oxygen atoms in total. The highest BCUT2D eigenvalue weighted by Crippen LogP contribution is 2.25. The van der Waals surface area contributed by atoms with Crippen LogP contribution in [0.4, 0.5) is 0 Å². The molecule has 1 rings (SSSR count). The first kappa shape index (κ1) is 9.12. The number of hydrogen-bond donors (Lipinski definition) is 0. The second kappa shape index (κ2) is 4.82. The Bertz CT molecular complexity index is 134. The van der Waals surface area contributed by atoms with Crippen LogP contribution in [-0.4, -0.2) is 5.88 Å². The molecule has 0 aromatic carbocycles. The molecule has 64 valence electrons. The lowest BCUT2D eigenvalue weighted by Crippen LogP contribution is -2.00. The average Bonchev–Trinajstić information content (AvgIpc) is 2.52. The highest BCUT2D eigenvalue weighted by molar-refractivity contribution is 6.18. The molecule has 1 aliphatic carbocycles. The van der Waals surface area contributed by atoms with Crippen LogP contribution in [0.1, 0.15) is 39.0 Å². The summed E-state index contributed by atoms with van der Waals surface area (Å²) in [6, 6.07) is 0. The zero-order valence-electron chi connectivity index (χ0n) is 7.28. The smallest absolute Gasteiger partial charge is 0.0254 e. The zero-order chi connectivity index (χ0) is 8.10. The number of allylic oxidation sites excluding steroid dienone is 2. The van der Waals surface area contributed by atoms with E-state index in [0.29, 0.717) is 0 Å². The minimum Gasteiger partial charge on any atom is -0.126 e. The minimum atomic E-state index is 0.723. The van der Waals surface area contributed by atoms with Crippen molar-refractivity contribution in [3.63, 3.8) is 0 Å². The first-order chi connectivity index (χ1) is 5.36. The Labute approximate surface area is 74.6 Å². The summed E-state index contributed by atoms with van der Waals surface area (Å²) < 4.78 is 0. The van der Waals surface area contributed by atoms with Crippen LogP contribution in [0.25, 0.3) is 0 Å². The molecule has 0 bridgehead atoms. The molecule has 1 heteroatoms. The first-order valence-electron chi connectivity index (χ1n) is 4.60.